The Bertz CT molecular complexity index is 738. The topological polar surface area (TPSA) is 47.3 Å². The fourth-order valence-electron chi connectivity index (χ4n) is 2.28. The Morgan fingerprint density at radius 2 is 2.00 bits per heavy atom. The first-order chi connectivity index (χ1) is 10.3. The quantitative estimate of drug-likeness (QED) is 0.770. The van der Waals surface area contributed by atoms with Crippen LogP contribution in [0.25, 0.3) is 11.0 Å². The number of aliphatic hydroxyl groups is 1. The summed E-state index contributed by atoms with van der Waals surface area (Å²) in [6, 6.07) is 11.6. The number of nitrogens with zero attached hydrogens (tertiary/aromatic N) is 2. The number of aromatic nitrogens is 2. The zero-order valence-electron chi connectivity index (χ0n) is 11.4. The largest absolute Gasteiger partial charge is 0.492 e. The van der Waals surface area contributed by atoms with E-state index in [1.807, 2.05) is 47.2 Å². The van der Waals surface area contributed by atoms with Crippen molar-refractivity contribution >= 4 is 27.0 Å². The summed E-state index contributed by atoms with van der Waals surface area (Å²) in [5.74, 6) is 0.838. The van der Waals surface area contributed by atoms with Gasteiger partial charge in [-0.05, 0) is 36.4 Å². The number of ether oxygens (including phenoxy) is 1. The minimum Gasteiger partial charge on any atom is -0.492 e. The summed E-state index contributed by atoms with van der Waals surface area (Å²) in [6.07, 6.45) is 3.69. The summed E-state index contributed by atoms with van der Waals surface area (Å²) < 4.78 is 8.77. The van der Waals surface area contributed by atoms with Crippen LogP contribution in [0.5, 0.6) is 5.75 Å². The van der Waals surface area contributed by atoms with Crippen LogP contribution in [0.1, 0.15) is 5.56 Å². The molecule has 2 heterocycles. The second-order valence-electron chi connectivity index (χ2n) is 4.68. The van der Waals surface area contributed by atoms with Gasteiger partial charge in [0.1, 0.15) is 18.0 Å². The molecule has 0 aliphatic heterocycles. The van der Waals surface area contributed by atoms with Gasteiger partial charge in [0.05, 0.1) is 13.2 Å². The van der Waals surface area contributed by atoms with Crippen LogP contribution in [-0.4, -0.2) is 21.3 Å². The molecule has 2 aromatic heterocycles. The maximum absolute atomic E-state index is 9.40. The Morgan fingerprint density at radius 1 is 1.19 bits per heavy atom. The van der Waals surface area contributed by atoms with Gasteiger partial charge in [-0.1, -0.05) is 15.9 Å². The average molecular weight is 347 g/mol. The molecular weight excluding hydrogens is 332 g/mol. The van der Waals surface area contributed by atoms with Crippen molar-refractivity contribution in [2.75, 3.05) is 6.61 Å². The molecule has 0 aliphatic carbocycles. The number of halogens is 1. The highest BCUT2D eigenvalue weighted by atomic mass is 79.9. The van der Waals surface area contributed by atoms with Gasteiger partial charge in [-0.15, -0.1) is 0 Å². The molecule has 0 saturated heterocycles. The lowest BCUT2D eigenvalue weighted by Crippen LogP contribution is -2.07. The maximum atomic E-state index is 9.40. The van der Waals surface area contributed by atoms with Gasteiger partial charge in [-0.3, -0.25) is 0 Å². The molecule has 5 heteroatoms. The first kappa shape index (κ1) is 14.1. The fraction of sp³-hybridized carbons (Fsp3) is 0.188. The second-order valence-corrected chi connectivity index (χ2v) is 5.60. The molecule has 108 valence electrons. The fourth-order valence-corrected chi connectivity index (χ4v) is 2.55. The van der Waals surface area contributed by atoms with E-state index in [4.69, 9.17) is 4.74 Å². The number of fused-ring (bicyclic) bond motifs is 1. The molecule has 0 bridgehead atoms. The molecule has 3 rings (SSSR count). The first-order valence-corrected chi connectivity index (χ1v) is 7.49. The van der Waals surface area contributed by atoms with Crippen molar-refractivity contribution in [3.05, 3.63) is 58.8 Å². The molecule has 1 aromatic carbocycles. The van der Waals surface area contributed by atoms with Crippen LogP contribution in [-0.2, 0) is 13.2 Å². The van der Waals surface area contributed by atoms with Crippen molar-refractivity contribution in [1.29, 1.82) is 0 Å². The number of rotatable bonds is 5. The van der Waals surface area contributed by atoms with Crippen molar-refractivity contribution in [3.63, 3.8) is 0 Å². The van der Waals surface area contributed by atoms with Gasteiger partial charge in [0.2, 0.25) is 0 Å². The monoisotopic (exact) mass is 346 g/mol. The van der Waals surface area contributed by atoms with Crippen molar-refractivity contribution < 1.29 is 9.84 Å². The van der Waals surface area contributed by atoms with Gasteiger partial charge in [-0.25, -0.2) is 4.98 Å². The molecule has 1 N–H and O–H groups in total. The van der Waals surface area contributed by atoms with Crippen LogP contribution in [0.3, 0.4) is 0 Å². The molecule has 3 aromatic rings. The number of hydrogen-bond donors (Lipinski definition) is 1. The lowest BCUT2D eigenvalue weighted by molar-refractivity contribution is 0.281. The molecule has 4 nitrogen and oxygen atoms in total. The summed E-state index contributed by atoms with van der Waals surface area (Å²) in [5, 5.41) is 10.4. The third kappa shape index (κ3) is 3.09. The normalized spacial score (nSPS) is 11.0. The van der Waals surface area contributed by atoms with Crippen molar-refractivity contribution in [2.24, 2.45) is 0 Å². The lowest BCUT2D eigenvalue weighted by atomic mass is 10.2. The van der Waals surface area contributed by atoms with E-state index >= 15 is 0 Å². The number of pyridine rings is 1. The molecule has 21 heavy (non-hydrogen) atoms. The molecule has 0 unspecified atom stereocenters. The average Bonchev–Trinajstić information content (AvgIpc) is 2.88. The molecule has 0 saturated carbocycles. The number of aliphatic hydroxyl groups excluding tert-OH is 1. The van der Waals surface area contributed by atoms with Crippen LogP contribution in [0.15, 0.2) is 53.3 Å². The van der Waals surface area contributed by atoms with E-state index < -0.39 is 0 Å². The van der Waals surface area contributed by atoms with Crippen LogP contribution < -0.4 is 4.74 Å². The molecule has 0 spiro atoms. The number of benzene rings is 1. The Labute approximate surface area is 131 Å². The summed E-state index contributed by atoms with van der Waals surface area (Å²) in [6.45, 7) is 1.25. The van der Waals surface area contributed by atoms with Gasteiger partial charge in [0.15, 0.2) is 0 Å². The first-order valence-electron chi connectivity index (χ1n) is 6.70. The lowest BCUT2D eigenvalue weighted by Gasteiger charge is -2.07. The van der Waals surface area contributed by atoms with E-state index in [0.29, 0.717) is 13.2 Å². The summed E-state index contributed by atoms with van der Waals surface area (Å²) in [7, 11) is 0. The Morgan fingerprint density at radius 3 is 2.76 bits per heavy atom. The smallest absolute Gasteiger partial charge is 0.140 e. The van der Waals surface area contributed by atoms with Crippen LogP contribution in [0, 0.1) is 0 Å². The SMILES string of the molecule is OCc1cn(CCOc2ccc(Br)cc2)c2ncccc12. The van der Waals surface area contributed by atoms with Gasteiger partial charge in [0, 0.05) is 27.8 Å². The van der Waals surface area contributed by atoms with Gasteiger partial charge in [0.25, 0.3) is 0 Å². The third-order valence-electron chi connectivity index (χ3n) is 3.30. The van der Waals surface area contributed by atoms with Crippen molar-refractivity contribution in [3.8, 4) is 5.75 Å². The predicted molar refractivity (Wildman–Crippen MR) is 85.3 cm³/mol. The highest BCUT2D eigenvalue weighted by Gasteiger charge is 2.08. The van der Waals surface area contributed by atoms with Gasteiger partial charge >= 0.3 is 0 Å². The third-order valence-corrected chi connectivity index (χ3v) is 3.83. The molecule has 0 atom stereocenters. The van der Waals surface area contributed by atoms with Gasteiger partial charge < -0.3 is 14.4 Å². The Hall–Kier alpha value is -1.85. The minimum absolute atomic E-state index is 0.0166. The summed E-state index contributed by atoms with van der Waals surface area (Å²) in [5.41, 5.74) is 1.77. The highest BCUT2D eigenvalue weighted by molar-refractivity contribution is 9.10. The van der Waals surface area contributed by atoms with Crippen LogP contribution >= 0.6 is 15.9 Å². The number of hydrogen-bond acceptors (Lipinski definition) is 3. The predicted octanol–water partition coefficient (Wildman–Crippen LogP) is 3.37. The summed E-state index contributed by atoms with van der Waals surface area (Å²) in [4.78, 5) is 4.38. The van der Waals surface area contributed by atoms with Crippen molar-refractivity contribution in [1.82, 2.24) is 9.55 Å². The van der Waals surface area contributed by atoms with Crippen molar-refractivity contribution in [2.45, 2.75) is 13.2 Å². The highest BCUT2D eigenvalue weighted by Crippen LogP contribution is 2.20. The van der Waals surface area contributed by atoms with E-state index in [1.165, 1.54) is 0 Å². The molecule has 0 fully saturated rings. The zero-order chi connectivity index (χ0) is 14.7. The van der Waals surface area contributed by atoms with Crippen LogP contribution in [0.2, 0.25) is 0 Å². The summed E-state index contributed by atoms with van der Waals surface area (Å²) >= 11 is 3.40. The molecule has 0 amide bonds. The van der Waals surface area contributed by atoms with E-state index in [9.17, 15) is 5.11 Å². The standard InChI is InChI=1S/C16H15BrN2O2/c17-13-3-5-14(6-4-13)21-9-8-19-10-12(11-20)15-2-1-7-18-16(15)19/h1-7,10,20H,8-9,11H2. The minimum atomic E-state index is 0.0166. The van der Waals surface area contributed by atoms with E-state index in [-0.39, 0.29) is 6.61 Å². The molecule has 0 radical (unpaired) electrons. The van der Waals surface area contributed by atoms with Gasteiger partial charge in [-0.2, -0.15) is 0 Å². The molecular formula is C16H15BrN2O2. The zero-order valence-corrected chi connectivity index (χ0v) is 13.0. The Kier molecular flexibility index (Phi) is 4.22. The van der Waals surface area contributed by atoms with E-state index in [2.05, 4.69) is 20.9 Å². The second kappa shape index (κ2) is 6.28. The Balaban J connectivity index is 1.72. The molecule has 0 aliphatic rings. The van der Waals surface area contributed by atoms with E-state index in [1.54, 1.807) is 6.20 Å². The van der Waals surface area contributed by atoms with Crippen LogP contribution in [0.4, 0.5) is 0 Å². The van der Waals surface area contributed by atoms with E-state index in [0.717, 1.165) is 26.8 Å². The maximum Gasteiger partial charge on any atom is 0.140 e.